The van der Waals surface area contributed by atoms with E-state index in [9.17, 15) is 16.8 Å². The van der Waals surface area contributed by atoms with E-state index in [1.807, 2.05) is 11.9 Å². The van der Waals surface area contributed by atoms with Crippen molar-refractivity contribution in [1.82, 2.24) is 0 Å². The Morgan fingerprint density at radius 2 is 1.04 bits per heavy atom. The molecule has 0 unspecified atom stereocenters. The number of rotatable bonds is 3. The normalized spacial score (nSPS) is 8.83. The largest absolute Gasteiger partial charge is 0.229 e. The first-order valence-corrected chi connectivity index (χ1v) is 18.4. The van der Waals surface area contributed by atoms with Gasteiger partial charge < -0.3 is 0 Å². The number of hydrogen-bond acceptors (Lipinski definition) is 4. The average Bonchev–Trinajstić information content (AvgIpc) is 2.46. The monoisotopic (exact) mass is 784 g/mol. The van der Waals surface area contributed by atoms with Crippen LogP contribution in [0.3, 0.4) is 0 Å². The van der Waals surface area contributed by atoms with Gasteiger partial charge in [0.1, 0.15) is 0 Å². The fourth-order valence-corrected chi connectivity index (χ4v) is 0. The van der Waals surface area contributed by atoms with Gasteiger partial charge in [-0.15, -0.1) is 11.6 Å². The summed E-state index contributed by atoms with van der Waals surface area (Å²) in [6, 6.07) is 0. The Morgan fingerprint density at radius 1 is 0.917 bits per heavy atom. The Balaban J connectivity index is -0.0000000412. The molecule has 0 rings (SSSR count). The molecule has 0 saturated heterocycles. The number of alkyl halides is 4. The van der Waals surface area contributed by atoms with Crippen LogP contribution in [0.4, 0.5) is 0 Å². The smallest absolute Gasteiger partial charge is 0.217 e. The van der Waals surface area contributed by atoms with E-state index in [-0.39, 0.29) is 0 Å². The van der Waals surface area contributed by atoms with Crippen LogP contribution in [0.1, 0.15) is 40.0 Å². The summed E-state index contributed by atoms with van der Waals surface area (Å²) in [7, 11) is -1.55. The summed E-state index contributed by atoms with van der Waals surface area (Å²) >= 11 is 15.3. The molecule has 0 aliphatic carbocycles. The average molecular weight is 787 g/mol. The van der Waals surface area contributed by atoms with E-state index in [2.05, 4.69) is 100 Å². The molecule has 0 saturated carbocycles. The lowest BCUT2D eigenvalue weighted by atomic mass is 10.6. The van der Waals surface area contributed by atoms with Crippen molar-refractivity contribution < 1.29 is 16.8 Å². The van der Waals surface area contributed by atoms with Crippen molar-refractivity contribution in [2.45, 2.75) is 40.0 Å². The van der Waals surface area contributed by atoms with Gasteiger partial charge in [-0.25, -0.2) is 16.8 Å². The van der Waals surface area contributed by atoms with Gasteiger partial charge in [0.25, 0.3) is 0 Å². The summed E-state index contributed by atoms with van der Waals surface area (Å²) in [4.78, 5) is 1.97. The maximum Gasteiger partial charge on any atom is 0.229 e. The van der Waals surface area contributed by atoms with Crippen molar-refractivity contribution in [3.05, 3.63) is 0 Å². The number of halogens is 6. The van der Waals surface area contributed by atoms with Gasteiger partial charge in [-0.2, -0.15) is 0 Å². The maximum atomic E-state index is 9.55. The molecule has 0 radical (unpaired) electrons. The predicted molar refractivity (Wildman–Crippen MR) is 139 cm³/mol. The Hall–Kier alpha value is 2.90. The van der Waals surface area contributed by atoms with Crippen LogP contribution in [-0.2, 0) is 17.3 Å². The molecular formula is C12H30Br2Cl2I2O4S2. The van der Waals surface area contributed by atoms with Gasteiger partial charge in [0.15, 0.2) is 0 Å². The van der Waals surface area contributed by atoms with Crippen LogP contribution in [0.25, 0.3) is 0 Å². The van der Waals surface area contributed by atoms with Crippen molar-refractivity contribution >= 4 is 116 Å². The van der Waals surface area contributed by atoms with Gasteiger partial charge in [0.05, 0.1) is 21.1 Å². The van der Waals surface area contributed by atoms with Crippen LogP contribution in [0.15, 0.2) is 0 Å². The molecular weight excluding hydrogens is 757 g/mol. The van der Waals surface area contributed by atoms with E-state index < -0.39 is 17.3 Å². The maximum absolute atomic E-state index is 9.55. The van der Waals surface area contributed by atoms with Crippen molar-refractivity contribution in [3.8, 4) is 0 Å². The van der Waals surface area contributed by atoms with Gasteiger partial charge in [-0.1, -0.05) is 81.9 Å². The van der Waals surface area contributed by atoms with Crippen LogP contribution >= 0.6 is 98.2 Å². The minimum absolute atomic E-state index is 0.792. The molecule has 4 nitrogen and oxygen atoms in total. The molecule has 0 fully saturated rings. The van der Waals surface area contributed by atoms with E-state index in [4.69, 9.17) is 11.6 Å². The fraction of sp³-hybridized carbons (Fsp3) is 1.00. The SMILES string of the molecule is CCCBr.CCCCl.CCCI.CI.CS(=O)(=O)Br.CS(=O)(=O)Cl. The van der Waals surface area contributed by atoms with E-state index in [0.717, 1.165) is 30.1 Å². The third kappa shape index (κ3) is 409. The zero-order valence-electron chi connectivity index (χ0n) is 15.0. The van der Waals surface area contributed by atoms with Crippen molar-refractivity contribution in [1.29, 1.82) is 0 Å². The van der Waals surface area contributed by atoms with Gasteiger partial charge in [-0.3, -0.25) is 0 Å². The first-order chi connectivity index (χ1) is 10.7. The second-order valence-electron chi connectivity index (χ2n) is 3.43. The summed E-state index contributed by atoms with van der Waals surface area (Å²) in [6.07, 6.45) is 5.63. The predicted octanol–water partition coefficient (Wildman–Crippen LogP) is 6.83. The zero-order chi connectivity index (χ0) is 21.2. The highest BCUT2D eigenvalue weighted by atomic mass is 127. The lowest BCUT2D eigenvalue weighted by Crippen LogP contribution is -1.76. The van der Waals surface area contributed by atoms with E-state index in [1.54, 1.807) is 0 Å². The lowest BCUT2D eigenvalue weighted by molar-refractivity contribution is 0.613. The molecule has 0 aromatic carbocycles. The van der Waals surface area contributed by atoms with Crippen molar-refractivity contribution in [2.24, 2.45) is 0 Å². The van der Waals surface area contributed by atoms with Crippen LogP contribution in [0, 0.1) is 0 Å². The molecule has 12 heteroatoms. The molecule has 0 bridgehead atoms. The van der Waals surface area contributed by atoms with Crippen LogP contribution < -0.4 is 0 Å². The quantitative estimate of drug-likeness (QED) is 0.179. The second-order valence-corrected chi connectivity index (χ2v) is 13.6. The highest BCUT2D eigenvalue weighted by Gasteiger charge is 1.84. The minimum Gasteiger partial charge on any atom is -0.217 e. The van der Waals surface area contributed by atoms with Crippen LogP contribution in [0.5, 0.6) is 0 Å². The summed E-state index contributed by atoms with van der Waals surface area (Å²) < 4.78 is 39.2. The molecule has 0 atom stereocenters. The van der Waals surface area contributed by atoms with Gasteiger partial charge in [-0.05, 0) is 28.6 Å². The zero-order valence-corrected chi connectivity index (χ0v) is 25.6. The van der Waals surface area contributed by atoms with E-state index in [1.165, 1.54) is 17.3 Å². The first kappa shape index (κ1) is 41.3. The minimum atomic E-state index is -3.19. The molecule has 0 aliphatic heterocycles. The standard InChI is InChI=1S/C3H7Br.C3H7Cl.C3H7I.CH3BrO2S.CH3ClO2S.CH3I/c3*1-2-3-4;2*1-5(2,3)4;1-2/h3*2-3H2,1H3;2*1H3;1H3. The molecule has 24 heavy (non-hydrogen) atoms. The Labute approximate surface area is 202 Å². The first-order valence-electron chi connectivity index (χ1n) is 6.59. The lowest BCUT2D eigenvalue weighted by Gasteiger charge is -1.66. The molecule has 0 aromatic heterocycles. The third-order valence-electron chi connectivity index (χ3n) is 0.567. The fourth-order valence-electron chi connectivity index (χ4n) is 0. The summed E-state index contributed by atoms with van der Waals surface area (Å²) in [5.74, 6) is 0.792. The van der Waals surface area contributed by atoms with E-state index in [0.29, 0.717) is 0 Å². The van der Waals surface area contributed by atoms with Gasteiger partial charge >= 0.3 is 0 Å². The molecule has 0 amide bonds. The molecule has 156 valence electrons. The van der Waals surface area contributed by atoms with Crippen molar-refractivity contribution in [3.63, 3.8) is 0 Å². The molecule has 0 spiro atoms. The van der Waals surface area contributed by atoms with Gasteiger partial charge in [0, 0.05) is 28.1 Å². The van der Waals surface area contributed by atoms with Crippen LogP contribution in [-0.4, -0.2) is 49.9 Å². The van der Waals surface area contributed by atoms with E-state index >= 15 is 0 Å². The Kier molecular flexibility index (Phi) is 63.3. The molecule has 0 N–H and O–H groups in total. The van der Waals surface area contributed by atoms with Crippen LogP contribution in [0.2, 0.25) is 0 Å². The molecule has 0 aromatic rings. The second kappa shape index (κ2) is 36.8. The highest BCUT2D eigenvalue weighted by Crippen LogP contribution is 1.89. The third-order valence-corrected chi connectivity index (χ3v) is 2.82. The van der Waals surface area contributed by atoms with Crippen molar-refractivity contribution in [2.75, 3.05) is 33.1 Å². The Bertz CT molecular complexity index is 310. The topological polar surface area (TPSA) is 68.3 Å². The molecule has 0 heterocycles. The summed E-state index contributed by atoms with van der Waals surface area (Å²) in [5.41, 5.74) is 0. The Morgan fingerprint density at radius 3 is 1.04 bits per heavy atom. The number of hydrogen-bond donors (Lipinski definition) is 0. The highest BCUT2D eigenvalue weighted by molar-refractivity contribution is 14.1. The van der Waals surface area contributed by atoms with Gasteiger partial charge in [0.2, 0.25) is 17.3 Å². The summed E-state index contributed by atoms with van der Waals surface area (Å²) in [6.45, 7) is 6.36. The molecule has 0 aliphatic rings. The summed E-state index contributed by atoms with van der Waals surface area (Å²) in [5, 5.41) is 1.13.